The second-order valence-electron chi connectivity index (χ2n) is 4.76. The first-order valence-electron chi connectivity index (χ1n) is 6.86. The highest BCUT2D eigenvalue weighted by Gasteiger charge is 2.34. The van der Waals surface area contributed by atoms with Crippen molar-refractivity contribution in [1.82, 2.24) is 0 Å². The fraction of sp³-hybridized carbons (Fsp3) is 0.133. The number of sulfonamides is 1. The zero-order valence-corrected chi connectivity index (χ0v) is 14.5. The number of nitro groups is 1. The number of nitro benzene ring substituents is 1. The molecule has 2 aromatic rings. The highest BCUT2D eigenvalue weighted by molar-refractivity contribution is 7.93. The van der Waals surface area contributed by atoms with Crippen molar-refractivity contribution in [2.24, 2.45) is 0 Å². The van der Waals surface area contributed by atoms with Gasteiger partial charge in [0, 0.05) is 6.07 Å². The van der Waals surface area contributed by atoms with Crippen molar-refractivity contribution in [3.63, 3.8) is 0 Å². The second-order valence-corrected chi connectivity index (χ2v) is 7.02. The van der Waals surface area contributed by atoms with E-state index in [1.165, 1.54) is 31.4 Å². The average Bonchev–Trinajstić information content (AvgIpc) is 2.59. The molecule has 0 aliphatic rings. The molecule has 0 aliphatic carbocycles. The summed E-state index contributed by atoms with van der Waals surface area (Å²) < 4.78 is 31.8. The van der Waals surface area contributed by atoms with Gasteiger partial charge in [-0.15, -0.1) is 0 Å². The lowest BCUT2D eigenvalue weighted by molar-refractivity contribution is -0.387. The quantitative estimate of drug-likeness (QED) is 0.412. The summed E-state index contributed by atoms with van der Waals surface area (Å²) in [5.74, 6) is 0.169. The summed E-state index contributed by atoms with van der Waals surface area (Å²) in [5.41, 5.74) is -0.568. The number of hydrogen-bond acceptors (Lipinski definition) is 6. The van der Waals surface area contributed by atoms with Gasteiger partial charge >= 0.3 is 0 Å². The largest absolute Gasteiger partial charge is 0.495 e. The molecule has 0 N–H and O–H groups in total. The van der Waals surface area contributed by atoms with Gasteiger partial charge in [0.05, 0.1) is 17.7 Å². The van der Waals surface area contributed by atoms with Crippen LogP contribution in [0.25, 0.3) is 0 Å². The zero-order valence-electron chi connectivity index (χ0n) is 13.0. The molecule has 0 unspecified atom stereocenters. The monoisotopic (exact) mass is 384 g/mol. The fourth-order valence-electron chi connectivity index (χ4n) is 2.19. The summed E-state index contributed by atoms with van der Waals surface area (Å²) in [6, 6.07) is 10.9. The van der Waals surface area contributed by atoms with Crippen LogP contribution in [0.4, 0.5) is 11.4 Å². The Morgan fingerprint density at radius 3 is 2.40 bits per heavy atom. The maximum absolute atomic E-state index is 13.0. The maximum Gasteiger partial charge on any atom is 0.289 e. The molecule has 0 aliphatic heterocycles. The van der Waals surface area contributed by atoms with E-state index in [1.807, 2.05) is 0 Å². The van der Waals surface area contributed by atoms with Crippen molar-refractivity contribution in [2.45, 2.75) is 4.90 Å². The Bertz CT molecular complexity index is 916. The molecule has 0 aromatic heterocycles. The Balaban J connectivity index is 2.70. The first-order chi connectivity index (χ1) is 11.8. The number of rotatable bonds is 7. The van der Waals surface area contributed by atoms with E-state index in [2.05, 4.69) is 0 Å². The topological polar surface area (TPSA) is 107 Å². The number of benzene rings is 2. The Morgan fingerprint density at radius 1 is 1.20 bits per heavy atom. The summed E-state index contributed by atoms with van der Waals surface area (Å²) >= 11 is 5.39. The number of para-hydroxylation sites is 3. The SMILES string of the molecule is COc1ccccc1N(CC(=O)Cl)S(=O)(=O)c1ccccc1[N+](=O)[O-]. The predicted octanol–water partition coefficient (Wildman–Crippen LogP) is 2.56. The number of anilines is 1. The molecule has 0 atom stereocenters. The predicted molar refractivity (Wildman–Crippen MR) is 91.5 cm³/mol. The van der Waals surface area contributed by atoms with Gasteiger partial charge in [0.25, 0.3) is 15.7 Å². The van der Waals surface area contributed by atoms with Crippen molar-refractivity contribution < 1.29 is 22.9 Å². The maximum atomic E-state index is 13.0. The number of nitrogens with zero attached hydrogens (tertiary/aromatic N) is 2. The summed E-state index contributed by atoms with van der Waals surface area (Å²) in [6.45, 7) is -0.712. The molecule has 0 heterocycles. The summed E-state index contributed by atoms with van der Waals surface area (Å²) in [7, 11) is -3.12. The van der Waals surface area contributed by atoms with Crippen LogP contribution in [0.3, 0.4) is 0 Å². The lowest BCUT2D eigenvalue weighted by Crippen LogP contribution is -2.35. The third-order valence-electron chi connectivity index (χ3n) is 3.25. The van der Waals surface area contributed by atoms with Gasteiger partial charge < -0.3 is 4.74 Å². The number of halogens is 1. The number of carbonyl (C=O) groups is 1. The highest BCUT2D eigenvalue weighted by atomic mass is 35.5. The Labute approximate surface area is 148 Å². The molecule has 0 radical (unpaired) electrons. The third kappa shape index (κ3) is 3.89. The zero-order chi connectivity index (χ0) is 18.6. The van der Waals surface area contributed by atoms with E-state index in [0.717, 1.165) is 12.1 Å². The van der Waals surface area contributed by atoms with Crippen molar-refractivity contribution in [2.75, 3.05) is 18.0 Å². The van der Waals surface area contributed by atoms with E-state index in [0.29, 0.717) is 4.31 Å². The van der Waals surface area contributed by atoms with Gasteiger partial charge in [0.2, 0.25) is 5.24 Å². The van der Waals surface area contributed by atoms with Crippen LogP contribution in [-0.2, 0) is 14.8 Å². The molecule has 25 heavy (non-hydrogen) atoms. The summed E-state index contributed by atoms with van der Waals surface area (Å²) in [6.07, 6.45) is 0. The lowest BCUT2D eigenvalue weighted by Gasteiger charge is -2.24. The van der Waals surface area contributed by atoms with Crippen LogP contribution >= 0.6 is 11.6 Å². The number of hydrogen-bond donors (Lipinski definition) is 0. The minimum absolute atomic E-state index is 0.0390. The standard InChI is InChI=1S/C15H13ClN2O6S/c1-24-13-8-4-2-6-11(13)17(10-15(16)19)25(22,23)14-9-5-3-7-12(14)18(20)21/h2-9H,10H2,1H3. The smallest absolute Gasteiger partial charge is 0.289 e. The van der Waals surface area contributed by atoms with Crippen molar-refractivity contribution in [3.05, 3.63) is 58.6 Å². The third-order valence-corrected chi connectivity index (χ3v) is 5.18. The van der Waals surface area contributed by atoms with Crippen LogP contribution in [-0.4, -0.2) is 32.2 Å². The van der Waals surface area contributed by atoms with Crippen LogP contribution in [0.1, 0.15) is 0 Å². The fourth-order valence-corrected chi connectivity index (χ4v) is 3.98. The first kappa shape index (κ1) is 18.7. The number of methoxy groups -OCH3 is 1. The summed E-state index contributed by atoms with van der Waals surface area (Å²) in [5, 5.41) is 10.2. The van der Waals surface area contributed by atoms with Gasteiger partial charge in [-0.05, 0) is 29.8 Å². The van der Waals surface area contributed by atoms with E-state index in [4.69, 9.17) is 16.3 Å². The molecule has 10 heteroatoms. The van der Waals surface area contributed by atoms with Crippen LogP contribution in [0, 0.1) is 10.1 Å². The molecule has 0 fully saturated rings. The molecular weight excluding hydrogens is 372 g/mol. The van der Waals surface area contributed by atoms with Gasteiger partial charge in [-0.25, -0.2) is 8.42 Å². The van der Waals surface area contributed by atoms with Crippen molar-refractivity contribution >= 4 is 38.2 Å². The molecule has 0 saturated heterocycles. The second kappa shape index (κ2) is 7.49. The van der Waals surface area contributed by atoms with E-state index >= 15 is 0 Å². The van der Waals surface area contributed by atoms with Gasteiger partial charge in [0.15, 0.2) is 4.90 Å². The van der Waals surface area contributed by atoms with Crippen LogP contribution < -0.4 is 9.04 Å². The van der Waals surface area contributed by atoms with E-state index in [-0.39, 0.29) is 11.4 Å². The highest BCUT2D eigenvalue weighted by Crippen LogP contribution is 2.34. The van der Waals surface area contributed by atoms with Crippen molar-refractivity contribution in [3.8, 4) is 5.75 Å². The normalized spacial score (nSPS) is 11.0. The van der Waals surface area contributed by atoms with Gasteiger partial charge in [-0.1, -0.05) is 24.3 Å². The van der Waals surface area contributed by atoms with Gasteiger partial charge in [-0.3, -0.25) is 19.2 Å². The molecule has 0 bridgehead atoms. The molecule has 0 amide bonds. The minimum Gasteiger partial charge on any atom is -0.495 e. The van der Waals surface area contributed by atoms with Crippen molar-refractivity contribution in [1.29, 1.82) is 0 Å². The van der Waals surface area contributed by atoms with E-state index in [9.17, 15) is 23.3 Å². The van der Waals surface area contributed by atoms with Gasteiger partial charge in [0.1, 0.15) is 12.3 Å². The molecule has 2 aromatic carbocycles. The van der Waals surface area contributed by atoms with E-state index in [1.54, 1.807) is 12.1 Å². The Kier molecular flexibility index (Phi) is 5.60. The van der Waals surface area contributed by atoms with Crippen LogP contribution in [0.15, 0.2) is 53.4 Å². The van der Waals surface area contributed by atoms with Crippen LogP contribution in [0.2, 0.25) is 0 Å². The molecular formula is C15H13ClN2O6S. The molecule has 132 valence electrons. The Morgan fingerprint density at radius 2 is 1.80 bits per heavy atom. The summed E-state index contributed by atoms with van der Waals surface area (Å²) in [4.78, 5) is 21.2. The first-order valence-corrected chi connectivity index (χ1v) is 8.68. The van der Waals surface area contributed by atoms with Gasteiger partial charge in [-0.2, -0.15) is 0 Å². The lowest BCUT2D eigenvalue weighted by atomic mass is 10.3. The Hall–Kier alpha value is -2.65. The average molecular weight is 385 g/mol. The molecule has 2 rings (SSSR count). The number of carbonyl (C=O) groups excluding carboxylic acids is 1. The van der Waals surface area contributed by atoms with E-state index < -0.39 is 37.3 Å². The minimum atomic E-state index is -4.45. The van der Waals surface area contributed by atoms with Crippen LogP contribution in [0.5, 0.6) is 5.75 Å². The number of ether oxygens (including phenoxy) is 1. The molecule has 0 spiro atoms. The molecule has 8 nitrogen and oxygen atoms in total. The molecule has 0 saturated carbocycles.